The SMILES string of the molecule is CCC(C)Cn1cc(CNC(C)C)cn1. The van der Waals surface area contributed by atoms with E-state index in [0.717, 1.165) is 13.1 Å². The van der Waals surface area contributed by atoms with Crippen LogP contribution in [0.4, 0.5) is 0 Å². The minimum Gasteiger partial charge on any atom is -0.310 e. The summed E-state index contributed by atoms with van der Waals surface area (Å²) in [5.41, 5.74) is 1.27. The first-order chi connectivity index (χ1) is 7.11. The monoisotopic (exact) mass is 209 g/mol. The largest absolute Gasteiger partial charge is 0.310 e. The van der Waals surface area contributed by atoms with Gasteiger partial charge in [-0.2, -0.15) is 5.10 Å². The molecule has 0 amide bonds. The first kappa shape index (κ1) is 12.2. The van der Waals surface area contributed by atoms with Crippen molar-refractivity contribution >= 4 is 0 Å². The van der Waals surface area contributed by atoms with Gasteiger partial charge in [0.15, 0.2) is 0 Å². The van der Waals surface area contributed by atoms with Gasteiger partial charge in [-0.15, -0.1) is 0 Å². The first-order valence-corrected chi connectivity index (χ1v) is 5.86. The molecule has 1 N–H and O–H groups in total. The zero-order chi connectivity index (χ0) is 11.3. The fourth-order valence-corrected chi connectivity index (χ4v) is 1.37. The molecular weight excluding hydrogens is 186 g/mol. The molecule has 0 spiro atoms. The Balaban J connectivity index is 2.42. The van der Waals surface area contributed by atoms with E-state index < -0.39 is 0 Å². The summed E-state index contributed by atoms with van der Waals surface area (Å²) in [6.07, 6.45) is 5.30. The van der Waals surface area contributed by atoms with Crippen molar-refractivity contribution in [1.29, 1.82) is 0 Å². The second-order valence-corrected chi connectivity index (χ2v) is 4.62. The predicted molar refractivity (Wildman–Crippen MR) is 63.7 cm³/mol. The van der Waals surface area contributed by atoms with Crippen LogP contribution in [-0.4, -0.2) is 15.8 Å². The number of nitrogens with one attached hydrogen (secondary N) is 1. The Kier molecular flexibility index (Phi) is 4.82. The molecule has 1 aromatic heterocycles. The Bertz CT molecular complexity index is 278. The minimum atomic E-state index is 0.530. The molecule has 3 heteroatoms. The van der Waals surface area contributed by atoms with Crippen molar-refractivity contribution in [3.8, 4) is 0 Å². The lowest BCUT2D eigenvalue weighted by molar-refractivity contribution is 0.438. The summed E-state index contributed by atoms with van der Waals surface area (Å²) in [4.78, 5) is 0. The Labute approximate surface area is 92.9 Å². The third kappa shape index (κ3) is 4.47. The second kappa shape index (κ2) is 5.91. The molecule has 0 aliphatic rings. The van der Waals surface area contributed by atoms with Gasteiger partial charge in [-0.1, -0.05) is 34.1 Å². The van der Waals surface area contributed by atoms with Gasteiger partial charge in [0.25, 0.3) is 0 Å². The fourth-order valence-electron chi connectivity index (χ4n) is 1.37. The molecule has 1 unspecified atom stereocenters. The van der Waals surface area contributed by atoms with Gasteiger partial charge in [0.05, 0.1) is 6.20 Å². The van der Waals surface area contributed by atoms with E-state index in [-0.39, 0.29) is 0 Å². The quantitative estimate of drug-likeness (QED) is 0.780. The third-order valence-electron chi connectivity index (χ3n) is 2.60. The minimum absolute atomic E-state index is 0.530. The van der Waals surface area contributed by atoms with E-state index in [0.29, 0.717) is 12.0 Å². The number of rotatable bonds is 6. The van der Waals surface area contributed by atoms with Crippen LogP contribution < -0.4 is 5.32 Å². The van der Waals surface area contributed by atoms with Gasteiger partial charge in [-0.05, 0) is 5.92 Å². The topological polar surface area (TPSA) is 29.9 Å². The maximum absolute atomic E-state index is 4.36. The summed E-state index contributed by atoms with van der Waals surface area (Å²) in [5.74, 6) is 0.704. The molecule has 1 aromatic rings. The van der Waals surface area contributed by atoms with Crippen molar-refractivity contribution < 1.29 is 0 Å². The number of hydrogen-bond donors (Lipinski definition) is 1. The van der Waals surface area contributed by atoms with Gasteiger partial charge < -0.3 is 5.32 Å². The van der Waals surface area contributed by atoms with Gasteiger partial charge in [0.1, 0.15) is 0 Å². The first-order valence-electron chi connectivity index (χ1n) is 5.86. The average molecular weight is 209 g/mol. The van der Waals surface area contributed by atoms with E-state index in [1.54, 1.807) is 0 Å². The Morgan fingerprint density at radius 1 is 1.40 bits per heavy atom. The Hall–Kier alpha value is -0.830. The molecule has 15 heavy (non-hydrogen) atoms. The molecule has 86 valence electrons. The molecule has 0 aromatic carbocycles. The van der Waals surface area contributed by atoms with Crippen LogP contribution in [0.3, 0.4) is 0 Å². The molecule has 0 aliphatic carbocycles. The maximum atomic E-state index is 4.36. The van der Waals surface area contributed by atoms with Gasteiger partial charge in [0, 0.05) is 30.9 Å². The van der Waals surface area contributed by atoms with Gasteiger partial charge in [-0.3, -0.25) is 4.68 Å². The van der Waals surface area contributed by atoms with Crippen LogP contribution >= 0.6 is 0 Å². The Morgan fingerprint density at radius 3 is 2.73 bits per heavy atom. The van der Waals surface area contributed by atoms with Gasteiger partial charge >= 0.3 is 0 Å². The molecular formula is C12H23N3. The number of hydrogen-bond acceptors (Lipinski definition) is 2. The molecule has 0 bridgehead atoms. The van der Waals surface area contributed by atoms with Crippen LogP contribution in [0.1, 0.15) is 39.7 Å². The highest BCUT2D eigenvalue weighted by atomic mass is 15.3. The van der Waals surface area contributed by atoms with Crippen LogP contribution in [-0.2, 0) is 13.1 Å². The molecule has 0 aliphatic heterocycles. The molecule has 0 saturated heterocycles. The lowest BCUT2D eigenvalue weighted by atomic mass is 10.1. The van der Waals surface area contributed by atoms with E-state index in [2.05, 4.69) is 44.3 Å². The summed E-state index contributed by atoms with van der Waals surface area (Å²) in [7, 11) is 0. The standard InChI is InChI=1S/C12H23N3/c1-5-11(4)8-15-9-12(7-14-15)6-13-10(2)3/h7,9-11,13H,5-6,8H2,1-4H3. The van der Waals surface area contributed by atoms with E-state index in [1.807, 2.05) is 10.9 Å². The lowest BCUT2D eigenvalue weighted by Gasteiger charge is -2.08. The summed E-state index contributed by atoms with van der Waals surface area (Å²) in [5, 5.41) is 7.75. The van der Waals surface area contributed by atoms with Crippen molar-refractivity contribution in [3.63, 3.8) is 0 Å². The van der Waals surface area contributed by atoms with Crippen molar-refractivity contribution in [1.82, 2.24) is 15.1 Å². The highest BCUT2D eigenvalue weighted by molar-refractivity contribution is 5.03. The summed E-state index contributed by atoms with van der Waals surface area (Å²) < 4.78 is 2.05. The smallest absolute Gasteiger partial charge is 0.0534 e. The molecule has 1 heterocycles. The fraction of sp³-hybridized carbons (Fsp3) is 0.750. The second-order valence-electron chi connectivity index (χ2n) is 4.62. The van der Waals surface area contributed by atoms with Crippen LogP contribution in [0.5, 0.6) is 0 Å². The molecule has 3 nitrogen and oxygen atoms in total. The Morgan fingerprint density at radius 2 is 2.13 bits per heavy atom. The lowest BCUT2D eigenvalue weighted by Crippen LogP contribution is -2.21. The normalized spacial score (nSPS) is 13.4. The predicted octanol–water partition coefficient (Wildman–Crippen LogP) is 2.43. The highest BCUT2D eigenvalue weighted by Gasteiger charge is 2.03. The zero-order valence-corrected chi connectivity index (χ0v) is 10.3. The molecule has 0 saturated carbocycles. The van der Waals surface area contributed by atoms with Crippen molar-refractivity contribution in [2.45, 2.75) is 53.2 Å². The van der Waals surface area contributed by atoms with Crippen molar-refractivity contribution in [2.75, 3.05) is 0 Å². The highest BCUT2D eigenvalue weighted by Crippen LogP contribution is 2.05. The van der Waals surface area contributed by atoms with Crippen LogP contribution in [0.2, 0.25) is 0 Å². The molecule has 0 radical (unpaired) electrons. The maximum Gasteiger partial charge on any atom is 0.0534 e. The van der Waals surface area contributed by atoms with E-state index >= 15 is 0 Å². The van der Waals surface area contributed by atoms with Crippen molar-refractivity contribution in [2.24, 2.45) is 5.92 Å². The van der Waals surface area contributed by atoms with Gasteiger partial charge in [0.2, 0.25) is 0 Å². The van der Waals surface area contributed by atoms with E-state index in [1.165, 1.54) is 12.0 Å². The summed E-state index contributed by atoms with van der Waals surface area (Å²) in [6.45, 7) is 10.7. The number of nitrogens with zero attached hydrogens (tertiary/aromatic N) is 2. The van der Waals surface area contributed by atoms with Crippen LogP contribution in [0, 0.1) is 5.92 Å². The van der Waals surface area contributed by atoms with Gasteiger partial charge in [-0.25, -0.2) is 0 Å². The van der Waals surface area contributed by atoms with E-state index in [4.69, 9.17) is 0 Å². The summed E-state index contributed by atoms with van der Waals surface area (Å²) in [6, 6.07) is 0.530. The average Bonchev–Trinajstić information content (AvgIpc) is 2.62. The van der Waals surface area contributed by atoms with E-state index in [9.17, 15) is 0 Å². The van der Waals surface area contributed by atoms with Crippen LogP contribution in [0.15, 0.2) is 12.4 Å². The van der Waals surface area contributed by atoms with Crippen molar-refractivity contribution in [3.05, 3.63) is 18.0 Å². The molecule has 0 fully saturated rings. The number of aromatic nitrogens is 2. The third-order valence-corrected chi connectivity index (χ3v) is 2.60. The van der Waals surface area contributed by atoms with Crippen LogP contribution in [0.25, 0.3) is 0 Å². The molecule has 1 atom stereocenters. The summed E-state index contributed by atoms with van der Waals surface area (Å²) >= 11 is 0. The zero-order valence-electron chi connectivity index (χ0n) is 10.3. The molecule has 1 rings (SSSR count).